The number of hydrogen-bond donors (Lipinski definition) is 2. The predicted octanol–water partition coefficient (Wildman–Crippen LogP) is 3.21. The predicted molar refractivity (Wildman–Crippen MR) is 99.1 cm³/mol. The van der Waals surface area contributed by atoms with E-state index < -0.39 is 0 Å². The van der Waals surface area contributed by atoms with Gasteiger partial charge in [0.15, 0.2) is 0 Å². The maximum atomic E-state index is 12.1. The molecule has 2 aromatic carbocycles. The monoisotopic (exact) mass is 369 g/mol. The number of amides is 2. The minimum atomic E-state index is -0.230. The zero-order chi connectivity index (χ0) is 18.4. The summed E-state index contributed by atoms with van der Waals surface area (Å²) in [7, 11) is 0. The zero-order valence-electron chi connectivity index (χ0n) is 13.7. The summed E-state index contributed by atoms with van der Waals surface area (Å²) in [5.74, 6) is -0.357. The van der Waals surface area contributed by atoms with Crippen molar-refractivity contribution in [2.75, 3.05) is 10.6 Å². The number of carbonyl (C=O) groups excluding carboxylic acids is 2. The first-order chi connectivity index (χ1) is 12.6. The van der Waals surface area contributed by atoms with Crippen molar-refractivity contribution in [3.8, 4) is 0 Å². The topological polar surface area (TPSA) is 88.9 Å². The van der Waals surface area contributed by atoms with Crippen LogP contribution in [0.15, 0.2) is 61.2 Å². The lowest BCUT2D eigenvalue weighted by Gasteiger charge is -2.08. The summed E-state index contributed by atoms with van der Waals surface area (Å²) in [6.07, 6.45) is 3.28. The molecule has 0 atom stereocenters. The Morgan fingerprint density at radius 2 is 1.62 bits per heavy atom. The molecule has 1 heterocycles. The minimum absolute atomic E-state index is 0.126. The molecule has 8 heteroatoms. The van der Waals surface area contributed by atoms with Crippen LogP contribution in [0.1, 0.15) is 16.8 Å². The highest BCUT2D eigenvalue weighted by molar-refractivity contribution is 6.30. The number of anilines is 2. The molecule has 0 unspecified atom stereocenters. The van der Waals surface area contributed by atoms with Gasteiger partial charge in [0.1, 0.15) is 12.7 Å². The van der Waals surface area contributed by atoms with Gasteiger partial charge in [-0.05, 0) is 48.5 Å². The highest BCUT2D eigenvalue weighted by Gasteiger charge is 2.07. The van der Waals surface area contributed by atoms with E-state index in [0.29, 0.717) is 34.9 Å². The van der Waals surface area contributed by atoms with E-state index in [0.717, 1.165) is 0 Å². The number of benzene rings is 2. The van der Waals surface area contributed by atoms with Crippen molar-refractivity contribution in [3.63, 3.8) is 0 Å². The third-order valence-electron chi connectivity index (χ3n) is 3.57. The van der Waals surface area contributed by atoms with E-state index in [1.807, 2.05) is 0 Å². The average Bonchev–Trinajstić information content (AvgIpc) is 3.16. The van der Waals surface area contributed by atoms with E-state index in [1.54, 1.807) is 59.5 Å². The van der Waals surface area contributed by atoms with Gasteiger partial charge in [0, 0.05) is 28.4 Å². The molecule has 0 spiro atoms. The van der Waals surface area contributed by atoms with Gasteiger partial charge >= 0.3 is 0 Å². The van der Waals surface area contributed by atoms with Gasteiger partial charge in [-0.3, -0.25) is 14.3 Å². The molecule has 0 radical (unpaired) electrons. The molecular weight excluding hydrogens is 354 g/mol. The Kier molecular flexibility index (Phi) is 5.60. The molecule has 0 saturated heterocycles. The maximum absolute atomic E-state index is 12.1. The van der Waals surface area contributed by atoms with Crippen LogP contribution < -0.4 is 10.6 Å². The van der Waals surface area contributed by atoms with Crippen molar-refractivity contribution in [1.82, 2.24) is 14.8 Å². The first-order valence-electron chi connectivity index (χ1n) is 7.89. The number of halogens is 1. The lowest BCUT2D eigenvalue weighted by Crippen LogP contribution is -2.15. The van der Waals surface area contributed by atoms with Crippen molar-refractivity contribution in [2.45, 2.75) is 13.0 Å². The van der Waals surface area contributed by atoms with Crippen molar-refractivity contribution < 1.29 is 9.59 Å². The lowest BCUT2D eigenvalue weighted by molar-refractivity contribution is -0.116. The van der Waals surface area contributed by atoms with Gasteiger partial charge in [-0.25, -0.2) is 4.98 Å². The summed E-state index contributed by atoms with van der Waals surface area (Å²) in [6, 6.07) is 13.5. The van der Waals surface area contributed by atoms with Crippen molar-refractivity contribution in [1.29, 1.82) is 0 Å². The molecule has 2 N–H and O–H groups in total. The third-order valence-corrected chi connectivity index (χ3v) is 3.82. The fourth-order valence-electron chi connectivity index (χ4n) is 2.23. The van der Waals surface area contributed by atoms with Crippen LogP contribution in [0.3, 0.4) is 0 Å². The molecule has 0 fully saturated rings. The Morgan fingerprint density at radius 1 is 0.962 bits per heavy atom. The highest BCUT2D eigenvalue weighted by Crippen LogP contribution is 2.16. The van der Waals surface area contributed by atoms with Gasteiger partial charge in [-0.15, -0.1) is 0 Å². The molecule has 0 bridgehead atoms. The third kappa shape index (κ3) is 4.90. The molecule has 2 amide bonds. The molecule has 1 aromatic heterocycles. The normalized spacial score (nSPS) is 10.3. The highest BCUT2D eigenvalue weighted by atomic mass is 35.5. The Labute approximate surface area is 155 Å². The Hall–Kier alpha value is -3.19. The molecule has 26 heavy (non-hydrogen) atoms. The van der Waals surface area contributed by atoms with Crippen LogP contribution in [0.25, 0.3) is 0 Å². The number of aromatic nitrogens is 3. The van der Waals surface area contributed by atoms with Crippen LogP contribution >= 0.6 is 11.6 Å². The second-order valence-corrected chi connectivity index (χ2v) is 5.93. The summed E-state index contributed by atoms with van der Waals surface area (Å²) >= 11 is 5.81. The van der Waals surface area contributed by atoms with E-state index in [4.69, 9.17) is 11.6 Å². The number of nitrogens with one attached hydrogen (secondary N) is 2. The summed E-state index contributed by atoms with van der Waals surface area (Å²) in [5, 5.41) is 10.1. The molecule has 0 saturated carbocycles. The first kappa shape index (κ1) is 17.6. The number of aryl methyl sites for hydroxylation is 1. The molecule has 0 aliphatic heterocycles. The fraction of sp³-hybridized carbons (Fsp3) is 0.111. The van der Waals surface area contributed by atoms with Gasteiger partial charge in [-0.2, -0.15) is 5.10 Å². The molecule has 0 aliphatic carbocycles. The van der Waals surface area contributed by atoms with E-state index in [9.17, 15) is 9.59 Å². The van der Waals surface area contributed by atoms with Crippen LogP contribution in [-0.2, 0) is 11.3 Å². The molecule has 3 rings (SSSR count). The van der Waals surface area contributed by atoms with Gasteiger partial charge in [0.05, 0.1) is 6.54 Å². The smallest absolute Gasteiger partial charge is 0.255 e. The van der Waals surface area contributed by atoms with E-state index >= 15 is 0 Å². The summed E-state index contributed by atoms with van der Waals surface area (Å²) in [5.41, 5.74) is 1.79. The van der Waals surface area contributed by atoms with Gasteiger partial charge in [0.2, 0.25) is 5.91 Å². The minimum Gasteiger partial charge on any atom is -0.326 e. The van der Waals surface area contributed by atoms with Crippen molar-refractivity contribution in [3.05, 3.63) is 71.8 Å². The number of hydrogen-bond acceptors (Lipinski definition) is 4. The van der Waals surface area contributed by atoms with Crippen LogP contribution in [0.4, 0.5) is 11.4 Å². The van der Waals surface area contributed by atoms with Gasteiger partial charge < -0.3 is 10.6 Å². The van der Waals surface area contributed by atoms with Crippen LogP contribution in [-0.4, -0.2) is 26.6 Å². The molecule has 0 aliphatic rings. The van der Waals surface area contributed by atoms with E-state index in [2.05, 4.69) is 20.7 Å². The van der Waals surface area contributed by atoms with Gasteiger partial charge in [-0.1, -0.05) is 11.6 Å². The number of rotatable bonds is 6. The van der Waals surface area contributed by atoms with E-state index in [1.165, 1.54) is 6.33 Å². The Morgan fingerprint density at radius 3 is 2.23 bits per heavy atom. The number of carbonyl (C=O) groups is 2. The summed E-state index contributed by atoms with van der Waals surface area (Å²) < 4.78 is 1.59. The maximum Gasteiger partial charge on any atom is 0.255 e. The molecular formula is C18H16ClN5O2. The van der Waals surface area contributed by atoms with Gasteiger partial charge in [0.25, 0.3) is 5.91 Å². The van der Waals surface area contributed by atoms with Crippen molar-refractivity contribution >= 4 is 34.8 Å². The quantitative estimate of drug-likeness (QED) is 0.698. The standard InChI is InChI=1S/C18H16ClN5O2/c19-14-3-1-13(2-4-14)18(26)23-16-7-5-15(6-8-16)22-17(25)9-10-24-12-20-11-21-24/h1-8,11-12H,9-10H2,(H,22,25)(H,23,26). The lowest BCUT2D eigenvalue weighted by atomic mass is 10.2. The Bertz CT molecular complexity index is 877. The molecule has 3 aromatic rings. The second kappa shape index (κ2) is 8.26. The first-order valence-corrected chi connectivity index (χ1v) is 8.27. The molecule has 132 valence electrons. The van der Waals surface area contributed by atoms with Crippen molar-refractivity contribution in [2.24, 2.45) is 0 Å². The molecule has 7 nitrogen and oxygen atoms in total. The summed E-state index contributed by atoms with van der Waals surface area (Å²) in [6.45, 7) is 0.459. The number of nitrogens with zero attached hydrogens (tertiary/aromatic N) is 3. The Balaban J connectivity index is 1.52. The average molecular weight is 370 g/mol. The van der Waals surface area contributed by atoms with E-state index in [-0.39, 0.29) is 11.8 Å². The SMILES string of the molecule is O=C(CCn1cncn1)Nc1ccc(NC(=O)c2ccc(Cl)cc2)cc1. The zero-order valence-corrected chi connectivity index (χ0v) is 14.5. The largest absolute Gasteiger partial charge is 0.326 e. The van der Waals surface area contributed by atoms with Crippen LogP contribution in [0.5, 0.6) is 0 Å². The van der Waals surface area contributed by atoms with Crippen LogP contribution in [0, 0.1) is 0 Å². The van der Waals surface area contributed by atoms with Crippen LogP contribution in [0.2, 0.25) is 5.02 Å². The second-order valence-electron chi connectivity index (χ2n) is 5.50. The summed E-state index contributed by atoms with van der Waals surface area (Å²) in [4.78, 5) is 27.9. The fourth-order valence-corrected chi connectivity index (χ4v) is 2.36.